The fourth-order valence-corrected chi connectivity index (χ4v) is 6.41. The topological polar surface area (TPSA) is 128 Å². The van der Waals surface area contributed by atoms with Crippen molar-refractivity contribution in [2.75, 3.05) is 13.2 Å². The Labute approximate surface area is 255 Å². The van der Waals surface area contributed by atoms with E-state index in [1.807, 2.05) is 84.9 Å². The van der Waals surface area contributed by atoms with Crippen molar-refractivity contribution in [2.24, 2.45) is 5.73 Å². The van der Waals surface area contributed by atoms with E-state index >= 15 is 0 Å². The number of carboxylic acids is 1. The Bertz CT molecular complexity index is 1610. The van der Waals surface area contributed by atoms with Crippen LogP contribution in [0.1, 0.15) is 53.4 Å². The summed E-state index contributed by atoms with van der Waals surface area (Å²) < 4.78 is 11.1. The molecule has 8 nitrogen and oxygen atoms in total. The Hall–Kier alpha value is -4.95. The molecule has 2 aliphatic rings. The third kappa shape index (κ3) is 5.81. The summed E-state index contributed by atoms with van der Waals surface area (Å²) in [7, 11) is 0. The van der Waals surface area contributed by atoms with Gasteiger partial charge in [-0.25, -0.2) is 9.59 Å². The van der Waals surface area contributed by atoms with Gasteiger partial charge in [0.15, 0.2) is 0 Å². The van der Waals surface area contributed by atoms with Gasteiger partial charge in [0.25, 0.3) is 0 Å². The number of aliphatic carboxylic acids is 1. The summed E-state index contributed by atoms with van der Waals surface area (Å²) in [5, 5.41) is 12.2. The highest BCUT2D eigenvalue weighted by Crippen LogP contribution is 2.45. The lowest BCUT2D eigenvalue weighted by Crippen LogP contribution is -2.42. The zero-order chi connectivity index (χ0) is 30.6. The van der Waals surface area contributed by atoms with E-state index in [1.54, 1.807) is 0 Å². The average molecular weight is 591 g/mol. The number of carboxylic acid groups (broad SMARTS) is 1. The van der Waals surface area contributed by atoms with Crippen LogP contribution in [0.5, 0.6) is 0 Å². The molecule has 2 aliphatic carbocycles. The van der Waals surface area contributed by atoms with E-state index in [0.717, 1.165) is 44.5 Å². The number of amides is 1. The fraction of sp³-hybridized carbons (Fsp3) is 0.250. The zero-order valence-electron chi connectivity index (χ0n) is 24.1. The highest BCUT2D eigenvalue weighted by atomic mass is 16.5. The molecule has 0 heterocycles. The first-order chi connectivity index (χ1) is 21.4. The lowest BCUT2D eigenvalue weighted by atomic mass is 9.98. The van der Waals surface area contributed by atoms with Crippen LogP contribution in [0.2, 0.25) is 0 Å². The van der Waals surface area contributed by atoms with E-state index in [0.29, 0.717) is 6.42 Å². The molecule has 4 aromatic carbocycles. The minimum Gasteiger partial charge on any atom is -0.480 e. The normalized spacial score (nSPS) is 14.5. The summed E-state index contributed by atoms with van der Waals surface area (Å²) in [6.45, 7) is 0.251. The molecule has 224 valence electrons. The maximum absolute atomic E-state index is 12.7. The maximum atomic E-state index is 12.7. The van der Waals surface area contributed by atoms with Gasteiger partial charge in [-0.05, 0) is 63.8 Å². The summed E-state index contributed by atoms with van der Waals surface area (Å²) in [6.07, 6.45) is -0.206. The predicted octanol–water partition coefficient (Wildman–Crippen LogP) is 5.83. The predicted molar refractivity (Wildman–Crippen MR) is 166 cm³/mol. The van der Waals surface area contributed by atoms with Gasteiger partial charge in [-0.15, -0.1) is 0 Å². The molecule has 0 aromatic heterocycles. The van der Waals surface area contributed by atoms with E-state index in [9.17, 15) is 19.5 Å². The van der Waals surface area contributed by atoms with E-state index in [4.69, 9.17) is 15.2 Å². The number of benzene rings is 4. The van der Waals surface area contributed by atoms with Gasteiger partial charge >= 0.3 is 18.0 Å². The van der Waals surface area contributed by atoms with Crippen molar-refractivity contribution in [2.45, 2.75) is 43.2 Å². The lowest BCUT2D eigenvalue weighted by Gasteiger charge is -2.19. The van der Waals surface area contributed by atoms with Crippen molar-refractivity contribution < 1.29 is 29.0 Å². The van der Waals surface area contributed by atoms with Crippen LogP contribution >= 0.6 is 0 Å². The number of rotatable bonds is 11. The number of carbonyl (C=O) groups excluding carboxylic acids is 2. The molecule has 4 N–H and O–H groups in total. The molecular formula is C36H34N2O6. The molecule has 0 spiro atoms. The molecule has 2 atom stereocenters. The van der Waals surface area contributed by atoms with Crippen LogP contribution < -0.4 is 11.1 Å². The summed E-state index contributed by atoms with van der Waals surface area (Å²) in [5.41, 5.74) is 15.0. The lowest BCUT2D eigenvalue weighted by molar-refractivity contribution is -0.145. The Balaban J connectivity index is 0.977. The SMILES string of the molecule is NC(CCC[C@H](NC(=O)OCC1c2ccccc2-c2ccccc21)C(=O)O)C(=O)OCC1c2ccccc2-c2ccccc21. The van der Waals surface area contributed by atoms with Crippen molar-refractivity contribution in [3.8, 4) is 22.3 Å². The third-order valence-electron chi connectivity index (χ3n) is 8.60. The second-order valence-corrected chi connectivity index (χ2v) is 11.3. The van der Waals surface area contributed by atoms with Gasteiger partial charge in [-0.2, -0.15) is 0 Å². The fourth-order valence-electron chi connectivity index (χ4n) is 6.41. The zero-order valence-corrected chi connectivity index (χ0v) is 24.1. The molecule has 8 heteroatoms. The highest BCUT2D eigenvalue weighted by Gasteiger charge is 2.31. The van der Waals surface area contributed by atoms with E-state index in [2.05, 4.69) is 17.4 Å². The van der Waals surface area contributed by atoms with Crippen molar-refractivity contribution in [3.63, 3.8) is 0 Å². The van der Waals surface area contributed by atoms with Gasteiger partial charge in [0.05, 0.1) is 0 Å². The van der Waals surface area contributed by atoms with Gasteiger partial charge in [-0.1, -0.05) is 97.1 Å². The second kappa shape index (κ2) is 12.7. The number of hydrogen-bond donors (Lipinski definition) is 3. The Morgan fingerprint density at radius 1 is 0.659 bits per heavy atom. The number of nitrogens with one attached hydrogen (secondary N) is 1. The summed E-state index contributed by atoms with van der Waals surface area (Å²) >= 11 is 0. The number of nitrogens with two attached hydrogens (primary N) is 1. The van der Waals surface area contributed by atoms with E-state index in [-0.39, 0.29) is 37.9 Å². The van der Waals surface area contributed by atoms with Crippen LogP contribution in [0.4, 0.5) is 4.79 Å². The number of esters is 1. The molecular weight excluding hydrogens is 556 g/mol. The average Bonchev–Trinajstić information content (AvgIpc) is 3.54. The summed E-state index contributed by atoms with van der Waals surface area (Å²) in [6, 6.07) is 30.0. The largest absolute Gasteiger partial charge is 0.480 e. The minimum atomic E-state index is -1.19. The first kappa shape index (κ1) is 29.1. The molecule has 0 saturated heterocycles. The molecule has 6 rings (SSSR count). The molecule has 0 aliphatic heterocycles. The van der Waals surface area contributed by atoms with Gasteiger partial charge in [0.2, 0.25) is 0 Å². The molecule has 4 aromatic rings. The molecule has 0 fully saturated rings. The van der Waals surface area contributed by atoms with Gasteiger partial charge < -0.3 is 25.6 Å². The third-order valence-corrected chi connectivity index (χ3v) is 8.60. The van der Waals surface area contributed by atoms with E-state index in [1.165, 1.54) is 0 Å². The number of alkyl carbamates (subject to hydrolysis) is 1. The Kier molecular flexibility index (Phi) is 8.43. The van der Waals surface area contributed by atoms with Crippen LogP contribution in [0.25, 0.3) is 22.3 Å². The number of ether oxygens (including phenoxy) is 2. The molecule has 0 bridgehead atoms. The first-order valence-electron chi connectivity index (χ1n) is 14.9. The number of carbonyl (C=O) groups is 3. The maximum Gasteiger partial charge on any atom is 0.407 e. The summed E-state index contributed by atoms with van der Waals surface area (Å²) in [4.78, 5) is 37.3. The molecule has 44 heavy (non-hydrogen) atoms. The van der Waals surface area contributed by atoms with Crippen LogP contribution in [0, 0.1) is 0 Å². The minimum absolute atomic E-state index is 0.0728. The van der Waals surface area contributed by atoms with Crippen molar-refractivity contribution in [1.82, 2.24) is 5.32 Å². The smallest absolute Gasteiger partial charge is 0.407 e. The van der Waals surface area contributed by atoms with Crippen molar-refractivity contribution >= 4 is 18.0 Å². The number of hydrogen-bond acceptors (Lipinski definition) is 6. The standard InChI is InChI=1S/C36H34N2O6/c37-32(35(41)43-20-30-26-14-5-1-10-22(26)23-11-2-6-15-27(23)30)18-9-19-33(34(39)40)38-36(42)44-21-31-28-16-7-3-12-24(28)25-13-4-8-17-29(25)31/h1-8,10-17,30-33H,9,18-21,37H2,(H,38,42)(H,39,40)/t32?,33-/m0/s1. The Morgan fingerprint density at radius 2 is 1.07 bits per heavy atom. The highest BCUT2D eigenvalue weighted by molar-refractivity contribution is 5.82. The van der Waals surface area contributed by atoms with Gasteiger partial charge in [-0.3, -0.25) is 4.79 Å². The van der Waals surface area contributed by atoms with Crippen LogP contribution in [0.15, 0.2) is 97.1 Å². The first-order valence-corrected chi connectivity index (χ1v) is 14.9. The quantitative estimate of drug-likeness (QED) is 0.188. The number of fused-ring (bicyclic) bond motifs is 6. The monoisotopic (exact) mass is 590 g/mol. The van der Waals surface area contributed by atoms with Crippen LogP contribution in [-0.4, -0.2) is 48.4 Å². The van der Waals surface area contributed by atoms with Crippen molar-refractivity contribution in [1.29, 1.82) is 0 Å². The summed E-state index contributed by atoms with van der Waals surface area (Å²) in [5.74, 6) is -1.93. The second-order valence-electron chi connectivity index (χ2n) is 11.3. The molecule has 0 saturated carbocycles. The van der Waals surface area contributed by atoms with Gasteiger partial charge in [0.1, 0.15) is 25.3 Å². The molecule has 1 amide bonds. The molecule has 0 radical (unpaired) electrons. The van der Waals surface area contributed by atoms with Crippen LogP contribution in [-0.2, 0) is 19.1 Å². The van der Waals surface area contributed by atoms with Crippen LogP contribution in [0.3, 0.4) is 0 Å². The molecule has 1 unspecified atom stereocenters. The van der Waals surface area contributed by atoms with Gasteiger partial charge in [0, 0.05) is 11.8 Å². The van der Waals surface area contributed by atoms with Crippen molar-refractivity contribution in [3.05, 3.63) is 119 Å². The van der Waals surface area contributed by atoms with E-state index < -0.39 is 30.1 Å². The Morgan fingerprint density at radius 3 is 1.50 bits per heavy atom.